The number of imide groups is 1. The summed E-state index contributed by atoms with van der Waals surface area (Å²) >= 11 is 0. The van der Waals surface area contributed by atoms with E-state index < -0.39 is 6.03 Å². The Bertz CT molecular complexity index is 936. The number of ether oxygens (including phenoxy) is 2. The van der Waals surface area contributed by atoms with Crippen LogP contribution in [0.1, 0.15) is 51.5 Å². The number of carbonyl (C=O) groups is 3. The highest BCUT2D eigenvalue weighted by atomic mass is 16.5. The third kappa shape index (κ3) is 6.97. The number of amides is 4. The Kier molecular flexibility index (Phi) is 8.85. The number of carbonyl (C=O) groups excluding carboxylic acids is 3. The molecule has 1 N–H and O–H groups in total. The Morgan fingerprint density at radius 1 is 1.03 bits per heavy atom. The van der Waals surface area contributed by atoms with Gasteiger partial charge in [0.25, 0.3) is 5.91 Å². The van der Waals surface area contributed by atoms with Crippen molar-refractivity contribution in [2.45, 2.75) is 65.1 Å². The quantitative estimate of drug-likeness (QED) is 0.590. The Morgan fingerprint density at radius 3 is 2.33 bits per heavy atom. The van der Waals surface area contributed by atoms with Crippen LogP contribution < -0.4 is 15.0 Å². The van der Waals surface area contributed by atoms with E-state index in [0.717, 1.165) is 50.9 Å². The maximum atomic E-state index is 12.8. The fourth-order valence-corrected chi connectivity index (χ4v) is 5.26. The fraction of sp³-hybridized carbons (Fsp3) is 0.667. The van der Waals surface area contributed by atoms with Gasteiger partial charge in [0.1, 0.15) is 5.75 Å². The molecule has 1 aromatic carbocycles. The zero-order chi connectivity index (χ0) is 25.7. The van der Waals surface area contributed by atoms with Crippen molar-refractivity contribution >= 4 is 23.5 Å². The molecule has 4 amide bonds. The Morgan fingerprint density at radius 2 is 1.69 bits per heavy atom. The van der Waals surface area contributed by atoms with Crippen LogP contribution in [-0.2, 0) is 14.3 Å². The second-order valence-electron chi connectivity index (χ2n) is 10.6. The maximum absolute atomic E-state index is 12.8. The van der Waals surface area contributed by atoms with E-state index in [9.17, 15) is 14.4 Å². The van der Waals surface area contributed by atoms with E-state index in [0.29, 0.717) is 43.1 Å². The monoisotopic (exact) mass is 500 g/mol. The number of anilines is 1. The van der Waals surface area contributed by atoms with Crippen molar-refractivity contribution in [3.8, 4) is 5.75 Å². The number of rotatable bonds is 8. The third-order valence-corrected chi connectivity index (χ3v) is 7.23. The van der Waals surface area contributed by atoms with E-state index in [1.54, 1.807) is 12.1 Å². The van der Waals surface area contributed by atoms with Crippen molar-refractivity contribution in [1.29, 1.82) is 0 Å². The van der Waals surface area contributed by atoms with Crippen LogP contribution >= 0.6 is 0 Å². The summed E-state index contributed by atoms with van der Waals surface area (Å²) in [4.78, 5) is 42.4. The molecular weight excluding hydrogens is 460 g/mol. The van der Waals surface area contributed by atoms with Gasteiger partial charge in [0.05, 0.1) is 17.9 Å². The van der Waals surface area contributed by atoms with Gasteiger partial charge in [-0.2, -0.15) is 0 Å². The maximum Gasteiger partial charge on any atom is 0.328 e. The number of hydrogen-bond donors (Lipinski definition) is 1. The summed E-state index contributed by atoms with van der Waals surface area (Å²) in [5.41, 5.74) is 1.57. The van der Waals surface area contributed by atoms with Crippen molar-refractivity contribution in [2.24, 2.45) is 5.92 Å². The lowest BCUT2D eigenvalue weighted by Crippen LogP contribution is -2.49. The topological polar surface area (TPSA) is 91.4 Å². The van der Waals surface area contributed by atoms with Crippen LogP contribution in [0.5, 0.6) is 5.75 Å². The van der Waals surface area contributed by atoms with Crippen LogP contribution in [0.3, 0.4) is 0 Å². The second kappa shape index (κ2) is 12.1. The van der Waals surface area contributed by atoms with Gasteiger partial charge >= 0.3 is 6.03 Å². The smallest absolute Gasteiger partial charge is 0.328 e. The van der Waals surface area contributed by atoms with Crippen LogP contribution in [0.25, 0.3) is 0 Å². The molecule has 4 rings (SSSR count). The van der Waals surface area contributed by atoms with E-state index >= 15 is 0 Å². The van der Waals surface area contributed by atoms with E-state index in [1.807, 2.05) is 17.9 Å². The van der Waals surface area contributed by atoms with Gasteiger partial charge < -0.3 is 19.3 Å². The molecule has 3 saturated heterocycles. The molecule has 36 heavy (non-hydrogen) atoms. The van der Waals surface area contributed by atoms with Crippen LogP contribution in [0, 0.1) is 12.8 Å². The number of piperidine rings is 2. The SMILES string of the molecule is Cc1ccc(OCC(=O)N2CCC(OC3CCN(CC(C)C)CC3)CC2)cc1N1CCC(=O)NC1=O. The van der Waals surface area contributed by atoms with Gasteiger partial charge in [0.2, 0.25) is 5.91 Å². The first-order valence-corrected chi connectivity index (χ1v) is 13.3. The molecule has 1 aromatic rings. The van der Waals surface area contributed by atoms with Gasteiger partial charge in [0, 0.05) is 51.8 Å². The van der Waals surface area contributed by atoms with Gasteiger partial charge in [-0.15, -0.1) is 0 Å². The van der Waals surface area contributed by atoms with Crippen LogP contribution in [0.4, 0.5) is 10.5 Å². The number of nitrogens with one attached hydrogen (secondary N) is 1. The molecule has 0 bridgehead atoms. The molecular formula is C27H40N4O5. The lowest BCUT2D eigenvalue weighted by atomic mass is 10.0. The van der Waals surface area contributed by atoms with E-state index in [2.05, 4.69) is 24.1 Å². The van der Waals surface area contributed by atoms with Gasteiger partial charge in [-0.1, -0.05) is 19.9 Å². The number of hydrogen-bond acceptors (Lipinski definition) is 6. The first-order chi connectivity index (χ1) is 17.3. The van der Waals surface area contributed by atoms with Crippen LogP contribution in [0.2, 0.25) is 0 Å². The molecule has 9 heteroatoms. The zero-order valence-corrected chi connectivity index (χ0v) is 21.8. The zero-order valence-electron chi connectivity index (χ0n) is 21.8. The van der Waals surface area contributed by atoms with Crippen molar-refractivity contribution in [2.75, 3.05) is 50.8 Å². The number of benzene rings is 1. The molecule has 0 unspecified atom stereocenters. The van der Waals surface area contributed by atoms with Crippen molar-refractivity contribution < 1.29 is 23.9 Å². The molecule has 9 nitrogen and oxygen atoms in total. The summed E-state index contributed by atoms with van der Waals surface area (Å²) in [6, 6.07) is 4.97. The number of likely N-dealkylation sites (tertiary alicyclic amines) is 2. The van der Waals surface area contributed by atoms with Crippen molar-refractivity contribution in [1.82, 2.24) is 15.1 Å². The average molecular weight is 501 g/mol. The minimum atomic E-state index is -0.436. The molecule has 0 aliphatic carbocycles. The molecule has 0 saturated carbocycles. The minimum absolute atomic E-state index is 0.0427. The van der Waals surface area contributed by atoms with E-state index in [1.165, 1.54) is 4.90 Å². The molecule has 198 valence electrons. The predicted molar refractivity (Wildman–Crippen MR) is 137 cm³/mol. The van der Waals surface area contributed by atoms with Crippen LogP contribution in [-0.4, -0.2) is 85.7 Å². The Hall–Kier alpha value is -2.65. The summed E-state index contributed by atoms with van der Waals surface area (Å²) in [6.07, 6.45) is 4.70. The number of aryl methyl sites for hydroxylation is 1. The molecule has 3 heterocycles. The second-order valence-corrected chi connectivity index (χ2v) is 10.6. The first kappa shape index (κ1) is 26.4. The standard InChI is InChI=1S/C27H40N4O5/c1-19(2)17-29-11-6-21(7-12-29)36-22-8-13-30(14-9-22)26(33)18-35-23-5-4-20(3)24(16-23)31-15-10-25(32)28-27(31)34/h4-5,16,19,21-22H,6-15,17-18H2,1-3H3,(H,28,32,34). The van der Waals surface area contributed by atoms with Gasteiger partial charge in [-0.25, -0.2) is 4.79 Å². The lowest BCUT2D eigenvalue weighted by Gasteiger charge is -2.37. The highest BCUT2D eigenvalue weighted by molar-refractivity contribution is 6.06. The highest BCUT2D eigenvalue weighted by Gasteiger charge is 2.28. The lowest BCUT2D eigenvalue weighted by molar-refractivity contribution is -0.137. The molecule has 3 fully saturated rings. The van der Waals surface area contributed by atoms with Gasteiger partial charge in [-0.3, -0.25) is 19.8 Å². The summed E-state index contributed by atoms with van der Waals surface area (Å²) < 4.78 is 12.2. The largest absolute Gasteiger partial charge is 0.484 e. The third-order valence-electron chi connectivity index (χ3n) is 7.23. The molecule has 3 aliphatic heterocycles. The summed E-state index contributed by atoms with van der Waals surface area (Å²) in [7, 11) is 0. The number of urea groups is 1. The van der Waals surface area contributed by atoms with Crippen molar-refractivity contribution in [3.05, 3.63) is 23.8 Å². The van der Waals surface area contributed by atoms with Gasteiger partial charge in [0.15, 0.2) is 6.61 Å². The summed E-state index contributed by atoms with van der Waals surface area (Å²) in [5.74, 6) is 0.909. The van der Waals surface area contributed by atoms with E-state index in [-0.39, 0.29) is 30.9 Å². The first-order valence-electron chi connectivity index (χ1n) is 13.3. The molecule has 0 atom stereocenters. The summed E-state index contributed by atoms with van der Waals surface area (Å²) in [5, 5.41) is 2.34. The average Bonchev–Trinajstić information content (AvgIpc) is 2.85. The summed E-state index contributed by atoms with van der Waals surface area (Å²) in [6.45, 7) is 11.4. The van der Waals surface area contributed by atoms with Crippen LogP contribution in [0.15, 0.2) is 18.2 Å². The Balaban J connectivity index is 1.20. The van der Waals surface area contributed by atoms with Crippen molar-refractivity contribution in [3.63, 3.8) is 0 Å². The molecule has 0 radical (unpaired) electrons. The molecule has 3 aliphatic rings. The molecule has 0 aromatic heterocycles. The fourth-order valence-electron chi connectivity index (χ4n) is 5.26. The predicted octanol–water partition coefficient (Wildman–Crippen LogP) is 2.95. The Labute approximate surface area is 214 Å². The minimum Gasteiger partial charge on any atom is -0.484 e. The van der Waals surface area contributed by atoms with Gasteiger partial charge in [-0.05, 0) is 50.2 Å². The normalized spacial score (nSPS) is 20.7. The molecule has 0 spiro atoms. The van der Waals surface area contributed by atoms with E-state index in [4.69, 9.17) is 9.47 Å². The highest BCUT2D eigenvalue weighted by Crippen LogP contribution is 2.27. The number of nitrogens with zero attached hydrogens (tertiary/aromatic N) is 3.